The molecule has 0 radical (unpaired) electrons. The highest BCUT2D eigenvalue weighted by Gasteiger charge is 2.57. The molecular weight excluding hydrogens is 256 g/mol. The van der Waals surface area contributed by atoms with Crippen LogP contribution in [0.25, 0.3) is 0 Å². The van der Waals surface area contributed by atoms with Crippen molar-refractivity contribution in [2.75, 3.05) is 0 Å². The highest BCUT2D eigenvalue weighted by Crippen LogP contribution is 2.40. The number of hydrogen-bond acceptors (Lipinski definition) is 5. The highest BCUT2D eigenvalue weighted by atomic mass is 16.8. The number of ether oxygens (including phenoxy) is 2. The molecule has 1 aromatic carbocycles. The monoisotopic (exact) mass is 268 g/mol. The summed E-state index contributed by atoms with van der Waals surface area (Å²) in [6, 6.07) is 4.48. The predicted octanol–water partition coefficient (Wildman–Crippen LogP) is 0.247. The summed E-state index contributed by atoms with van der Waals surface area (Å²) in [6.45, 7) is 1.60. The fourth-order valence-electron chi connectivity index (χ4n) is 1.78. The van der Waals surface area contributed by atoms with Gasteiger partial charge < -0.3 is 24.8 Å². The average Bonchev–Trinajstić information content (AvgIpc) is 2.68. The van der Waals surface area contributed by atoms with Gasteiger partial charge in [0.05, 0.1) is 6.10 Å². The lowest BCUT2D eigenvalue weighted by Gasteiger charge is -2.16. The van der Waals surface area contributed by atoms with Gasteiger partial charge >= 0.3 is 17.7 Å². The van der Waals surface area contributed by atoms with Crippen LogP contribution in [0.2, 0.25) is 0 Å². The Kier molecular flexibility index (Phi) is 3.07. The number of fused-ring (bicyclic) bond motifs is 1. The SMILES string of the molecule is CC(O)Cc1ccc2c(c1)OC(C(=O)O)(C(=O)O)O2. The maximum absolute atomic E-state index is 11.0. The van der Waals surface area contributed by atoms with Crippen molar-refractivity contribution in [2.45, 2.75) is 25.2 Å². The van der Waals surface area contributed by atoms with Gasteiger partial charge in [0.25, 0.3) is 0 Å². The van der Waals surface area contributed by atoms with Crippen molar-refractivity contribution < 1.29 is 34.4 Å². The van der Waals surface area contributed by atoms with Crippen LogP contribution in [-0.2, 0) is 16.0 Å². The van der Waals surface area contributed by atoms with Crippen molar-refractivity contribution in [3.8, 4) is 11.5 Å². The fraction of sp³-hybridized carbons (Fsp3) is 0.333. The lowest BCUT2D eigenvalue weighted by Crippen LogP contribution is -2.54. The molecule has 1 atom stereocenters. The van der Waals surface area contributed by atoms with E-state index in [0.717, 1.165) is 0 Å². The number of aliphatic hydroxyl groups is 1. The third kappa shape index (κ3) is 2.19. The van der Waals surface area contributed by atoms with Crippen LogP contribution in [0.3, 0.4) is 0 Å². The first kappa shape index (κ1) is 13.2. The minimum absolute atomic E-state index is 0.0305. The van der Waals surface area contributed by atoms with Crippen molar-refractivity contribution >= 4 is 11.9 Å². The molecule has 7 nitrogen and oxygen atoms in total. The number of aliphatic hydroxyl groups excluding tert-OH is 1. The first-order chi connectivity index (χ1) is 8.85. The second kappa shape index (κ2) is 4.43. The second-order valence-corrected chi connectivity index (χ2v) is 4.27. The summed E-state index contributed by atoms with van der Waals surface area (Å²) in [5.74, 6) is -6.16. The van der Waals surface area contributed by atoms with E-state index in [1.165, 1.54) is 12.1 Å². The van der Waals surface area contributed by atoms with E-state index >= 15 is 0 Å². The highest BCUT2D eigenvalue weighted by molar-refractivity contribution is 6.01. The Morgan fingerprint density at radius 3 is 2.32 bits per heavy atom. The van der Waals surface area contributed by atoms with E-state index in [-0.39, 0.29) is 11.5 Å². The molecule has 0 aliphatic carbocycles. The van der Waals surface area contributed by atoms with E-state index in [2.05, 4.69) is 0 Å². The van der Waals surface area contributed by atoms with Gasteiger partial charge in [-0.05, 0) is 31.0 Å². The molecule has 2 rings (SSSR count). The first-order valence-electron chi connectivity index (χ1n) is 5.51. The number of carboxylic acids is 2. The Labute approximate surface area is 108 Å². The molecule has 0 saturated carbocycles. The van der Waals surface area contributed by atoms with Crippen LogP contribution in [0.15, 0.2) is 18.2 Å². The quantitative estimate of drug-likeness (QED) is 0.670. The molecule has 1 aliphatic heterocycles. The molecule has 7 heteroatoms. The standard InChI is InChI=1S/C12H12O7/c1-6(13)4-7-2-3-8-9(5-7)19-12(18-8,10(14)15)11(16)17/h2-3,5-6,13H,4H2,1H3,(H,14,15)(H,16,17). The van der Waals surface area contributed by atoms with Gasteiger partial charge in [-0.25, -0.2) is 9.59 Å². The Bertz CT molecular complexity index is 521. The van der Waals surface area contributed by atoms with Crippen LogP contribution < -0.4 is 9.47 Å². The van der Waals surface area contributed by atoms with Gasteiger partial charge in [-0.1, -0.05) is 6.07 Å². The summed E-state index contributed by atoms with van der Waals surface area (Å²) < 4.78 is 9.83. The molecule has 0 saturated heterocycles. The summed E-state index contributed by atoms with van der Waals surface area (Å²) in [5.41, 5.74) is 0.684. The minimum Gasteiger partial charge on any atom is -0.475 e. The van der Waals surface area contributed by atoms with Crippen LogP contribution in [0.5, 0.6) is 11.5 Å². The summed E-state index contributed by atoms with van der Waals surface area (Å²) in [6.07, 6.45) is -0.242. The van der Waals surface area contributed by atoms with Crippen LogP contribution in [0, 0.1) is 0 Å². The Balaban J connectivity index is 2.34. The van der Waals surface area contributed by atoms with E-state index < -0.39 is 23.8 Å². The molecule has 3 N–H and O–H groups in total. The van der Waals surface area contributed by atoms with E-state index in [1.807, 2.05) is 0 Å². The zero-order chi connectivity index (χ0) is 14.2. The summed E-state index contributed by atoms with van der Waals surface area (Å²) in [7, 11) is 0. The van der Waals surface area contributed by atoms with Gasteiger partial charge in [0.2, 0.25) is 0 Å². The number of carboxylic acid groups (broad SMARTS) is 2. The van der Waals surface area contributed by atoms with E-state index in [1.54, 1.807) is 13.0 Å². The van der Waals surface area contributed by atoms with Crippen molar-refractivity contribution in [3.63, 3.8) is 0 Å². The van der Waals surface area contributed by atoms with Gasteiger partial charge in [0.1, 0.15) is 0 Å². The number of carbonyl (C=O) groups is 2. The summed E-state index contributed by atoms with van der Waals surface area (Å²) in [4.78, 5) is 22.1. The third-order valence-electron chi connectivity index (χ3n) is 2.61. The second-order valence-electron chi connectivity index (χ2n) is 4.27. The summed E-state index contributed by atoms with van der Waals surface area (Å²) >= 11 is 0. The molecule has 0 fully saturated rings. The minimum atomic E-state index is -2.74. The molecule has 0 spiro atoms. The van der Waals surface area contributed by atoms with E-state index in [0.29, 0.717) is 12.0 Å². The average molecular weight is 268 g/mol. The van der Waals surface area contributed by atoms with E-state index in [9.17, 15) is 14.7 Å². The fourth-order valence-corrected chi connectivity index (χ4v) is 1.78. The number of benzene rings is 1. The Hall–Kier alpha value is -2.28. The van der Waals surface area contributed by atoms with Gasteiger partial charge in [0, 0.05) is 0 Å². The molecule has 1 aliphatic rings. The van der Waals surface area contributed by atoms with Crippen LogP contribution >= 0.6 is 0 Å². The molecule has 1 heterocycles. The van der Waals surface area contributed by atoms with Crippen LogP contribution in [0.4, 0.5) is 0 Å². The Morgan fingerprint density at radius 1 is 1.21 bits per heavy atom. The molecule has 0 bridgehead atoms. The van der Waals surface area contributed by atoms with Crippen LogP contribution in [-0.4, -0.2) is 39.1 Å². The molecule has 0 amide bonds. The molecule has 1 unspecified atom stereocenters. The lowest BCUT2D eigenvalue weighted by atomic mass is 10.1. The van der Waals surface area contributed by atoms with Gasteiger partial charge in [-0.15, -0.1) is 0 Å². The van der Waals surface area contributed by atoms with Gasteiger partial charge in [-0.2, -0.15) is 0 Å². The predicted molar refractivity (Wildman–Crippen MR) is 61.1 cm³/mol. The largest absolute Gasteiger partial charge is 0.475 e. The summed E-state index contributed by atoms with van der Waals surface area (Å²) in [5, 5.41) is 27.2. The number of rotatable bonds is 4. The zero-order valence-corrected chi connectivity index (χ0v) is 9.99. The zero-order valence-electron chi connectivity index (χ0n) is 9.99. The maximum atomic E-state index is 11.0. The number of aliphatic carboxylic acids is 2. The lowest BCUT2D eigenvalue weighted by molar-refractivity contribution is -0.194. The van der Waals surface area contributed by atoms with Crippen molar-refractivity contribution in [3.05, 3.63) is 23.8 Å². The topological polar surface area (TPSA) is 113 Å². The van der Waals surface area contributed by atoms with Gasteiger partial charge in [-0.3, -0.25) is 0 Å². The molecule has 19 heavy (non-hydrogen) atoms. The van der Waals surface area contributed by atoms with Crippen molar-refractivity contribution in [2.24, 2.45) is 0 Å². The smallest absolute Gasteiger partial charge is 0.453 e. The molecule has 0 aromatic heterocycles. The normalized spacial score (nSPS) is 16.9. The van der Waals surface area contributed by atoms with Crippen molar-refractivity contribution in [1.82, 2.24) is 0 Å². The molecular formula is C12H12O7. The number of hydrogen-bond donors (Lipinski definition) is 3. The van der Waals surface area contributed by atoms with Crippen LogP contribution in [0.1, 0.15) is 12.5 Å². The van der Waals surface area contributed by atoms with Crippen molar-refractivity contribution in [1.29, 1.82) is 0 Å². The maximum Gasteiger partial charge on any atom is 0.453 e. The Morgan fingerprint density at radius 2 is 1.79 bits per heavy atom. The molecule has 1 aromatic rings. The third-order valence-corrected chi connectivity index (χ3v) is 2.61. The molecule has 102 valence electrons. The van der Waals surface area contributed by atoms with E-state index in [4.69, 9.17) is 19.7 Å². The first-order valence-corrected chi connectivity index (χ1v) is 5.51. The van der Waals surface area contributed by atoms with Gasteiger partial charge in [0.15, 0.2) is 11.5 Å².